The van der Waals surface area contributed by atoms with Crippen LogP contribution in [-0.4, -0.2) is 6.29 Å². The van der Waals surface area contributed by atoms with Gasteiger partial charge in [-0.15, -0.1) is 0 Å². The van der Waals surface area contributed by atoms with Crippen molar-refractivity contribution in [3.05, 3.63) is 34.9 Å². The lowest BCUT2D eigenvalue weighted by Crippen LogP contribution is -2.11. The van der Waals surface area contributed by atoms with Crippen molar-refractivity contribution in [2.24, 2.45) is 5.92 Å². The molecule has 1 aromatic rings. The van der Waals surface area contributed by atoms with E-state index in [4.69, 9.17) is 0 Å². The fraction of sp³-hybridized carbons (Fsp3) is 0.562. The van der Waals surface area contributed by atoms with Crippen LogP contribution in [0.5, 0.6) is 0 Å². The summed E-state index contributed by atoms with van der Waals surface area (Å²) in [5.74, 6) is 1.61. The highest BCUT2D eigenvalue weighted by Gasteiger charge is 2.20. The van der Waals surface area contributed by atoms with Gasteiger partial charge >= 0.3 is 0 Å². The van der Waals surface area contributed by atoms with E-state index >= 15 is 0 Å². The lowest BCUT2D eigenvalue weighted by molar-refractivity contribution is 0.112. The van der Waals surface area contributed by atoms with Crippen LogP contribution in [0.2, 0.25) is 0 Å². The summed E-state index contributed by atoms with van der Waals surface area (Å²) in [6, 6.07) is 6.41. The molecule has 1 saturated carbocycles. The zero-order chi connectivity index (χ0) is 12.3. The third-order valence-electron chi connectivity index (χ3n) is 4.16. The molecule has 92 valence electrons. The van der Waals surface area contributed by atoms with Crippen LogP contribution < -0.4 is 0 Å². The number of aldehydes is 1. The summed E-state index contributed by atoms with van der Waals surface area (Å²) in [6.45, 7) is 4.47. The molecule has 0 atom stereocenters. The van der Waals surface area contributed by atoms with Gasteiger partial charge in [0, 0.05) is 5.56 Å². The number of benzene rings is 1. The molecular weight excluding hydrogens is 208 g/mol. The van der Waals surface area contributed by atoms with Gasteiger partial charge in [0.2, 0.25) is 0 Å². The number of aryl methyl sites for hydroxylation is 1. The fourth-order valence-corrected chi connectivity index (χ4v) is 2.89. The first-order valence-corrected chi connectivity index (χ1v) is 6.82. The highest BCUT2D eigenvalue weighted by Crippen LogP contribution is 2.36. The number of rotatable bonds is 3. The van der Waals surface area contributed by atoms with Crippen LogP contribution in [-0.2, 0) is 6.42 Å². The first-order chi connectivity index (χ1) is 8.24. The van der Waals surface area contributed by atoms with Crippen LogP contribution in [0.15, 0.2) is 18.2 Å². The van der Waals surface area contributed by atoms with Crippen LogP contribution in [0.4, 0.5) is 0 Å². The van der Waals surface area contributed by atoms with Crippen molar-refractivity contribution < 1.29 is 4.79 Å². The van der Waals surface area contributed by atoms with Gasteiger partial charge in [-0.3, -0.25) is 4.79 Å². The third-order valence-corrected chi connectivity index (χ3v) is 4.16. The summed E-state index contributed by atoms with van der Waals surface area (Å²) in [5, 5.41) is 0. The molecule has 17 heavy (non-hydrogen) atoms. The van der Waals surface area contributed by atoms with E-state index in [1.807, 2.05) is 6.07 Å². The molecule has 1 aromatic carbocycles. The van der Waals surface area contributed by atoms with E-state index in [1.54, 1.807) is 0 Å². The Morgan fingerprint density at radius 3 is 2.53 bits per heavy atom. The maximum absolute atomic E-state index is 10.9. The van der Waals surface area contributed by atoms with Gasteiger partial charge in [-0.2, -0.15) is 0 Å². The van der Waals surface area contributed by atoms with Crippen molar-refractivity contribution in [3.8, 4) is 0 Å². The minimum atomic E-state index is 0.720. The molecule has 2 rings (SSSR count). The zero-order valence-electron chi connectivity index (χ0n) is 10.9. The van der Waals surface area contributed by atoms with E-state index in [1.165, 1.54) is 36.8 Å². The Balaban J connectivity index is 2.18. The van der Waals surface area contributed by atoms with Crippen LogP contribution in [0.3, 0.4) is 0 Å². The van der Waals surface area contributed by atoms with E-state index < -0.39 is 0 Å². The van der Waals surface area contributed by atoms with Crippen LogP contribution in [0, 0.1) is 5.92 Å². The zero-order valence-corrected chi connectivity index (χ0v) is 10.9. The Bertz CT molecular complexity index is 387. The number of carbonyl (C=O) groups excluding carboxylic acids is 1. The van der Waals surface area contributed by atoms with Crippen molar-refractivity contribution in [2.75, 3.05) is 0 Å². The highest BCUT2D eigenvalue weighted by atomic mass is 16.1. The minimum absolute atomic E-state index is 0.720. The second-order valence-corrected chi connectivity index (χ2v) is 5.39. The molecule has 1 heteroatoms. The predicted molar refractivity (Wildman–Crippen MR) is 71.6 cm³/mol. The number of hydrogen-bond donors (Lipinski definition) is 0. The second kappa shape index (κ2) is 5.48. The maximum atomic E-state index is 10.9. The normalized spacial score (nSPS) is 24.6. The van der Waals surface area contributed by atoms with Gasteiger partial charge < -0.3 is 0 Å². The first-order valence-electron chi connectivity index (χ1n) is 6.82. The third kappa shape index (κ3) is 2.77. The summed E-state index contributed by atoms with van der Waals surface area (Å²) in [7, 11) is 0. The van der Waals surface area contributed by atoms with E-state index in [0.29, 0.717) is 0 Å². The van der Waals surface area contributed by atoms with Crippen LogP contribution >= 0.6 is 0 Å². The van der Waals surface area contributed by atoms with Gasteiger partial charge in [0.25, 0.3) is 0 Å². The molecule has 0 aliphatic heterocycles. The lowest BCUT2D eigenvalue weighted by Gasteiger charge is -2.27. The van der Waals surface area contributed by atoms with Crippen molar-refractivity contribution in [2.45, 2.75) is 51.9 Å². The van der Waals surface area contributed by atoms with E-state index in [2.05, 4.69) is 26.0 Å². The molecule has 1 fully saturated rings. The van der Waals surface area contributed by atoms with Gasteiger partial charge in [-0.05, 0) is 42.2 Å². The number of carbonyl (C=O) groups is 1. The average Bonchev–Trinajstić information content (AvgIpc) is 2.39. The van der Waals surface area contributed by atoms with E-state index in [9.17, 15) is 4.79 Å². The maximum Gasteiger partial charge on any atom is 0.150 e. The monoisotopic (exact) mass is 230 g/mol. The quantitative estimate of drug-likeness (QED) is 0.705. The predicted octanol–water partition coefficient (Wildman–Crippen LogP) is 4.36. The molecule has 0 N–H and O–H groups in total. The summed E-state index contributed by atoms with van der Waals surface area (Å²) >= 11 is 0. The highest BCUT2D eigenvalue weighted by molar-refractivity contribution is 5.77. The molecule has 0 saturated heterocycles. The van der Waals surface area contributed by atoms with E-state index in [-0.39, 0.29) is 0 Å². The summed E-state index contributed by atoms with van der Waals surface area (Å²) < 4.78 is 0. The lowest BCUT2D eigenvalue weighted by atomic mass is 9.79. The van der Waals surface area contributed by atoms with Crippen molar-refractivity contribution in [3.63, 3.8) is 0 Å². The van der Waals surface area contributed by atoms with Gasteiger partial charge in [-0.1, -0.05) is 44.9 Å². The van der Waals surface area contributed by atoms with Crippen molar-refractivity contribution in [1.82, 2.24) is 0 Å². The Morgan fingerprint density at radius 2 is 1.94 bits per heavy atom. The van der Waals surface area contributed by atoms with Crippen molar-refractivity contribution in [1.29, 1.82) is 0 Å². The standard InChI is InChI=1S/C16H22O/c1-3-13-10-15(8-9-16(13)11-17)14-6-4-12(2)5-7-14/h8-12,14H,3-7H2,1-2H3. The van der Waals surface area contributed by atoms with Gasteiger partial charge in [-0.25, -0.2) is 0 Å². The van der Waals surface area contributed by atoms with Crippen molar-refractivity contribution >= 4 is 6.29 Å². The second-order valence-electron chi connectivity index (χ2n) is 5.39. The SMILES string of the molecule is CCc1cc(C2CCC(C)CC2)ccc1C=O. The smallest absolute Gasteiger partial charge is 0.150 e. The Labute approximate surface area is 104 Å². The van der Waals surface area contributed by atoms with Crippen LogP contribution in [0.1, 0.15) is 66.9 Å². The van der Waals surface area contributed by atoms with Gasteiger partial charge in [0.05, 0.1) is 0 Å². The molecule has 0 aromatic heterocycles. The fourth-order valence-electron chi connectivity index (χ4n) is 2.89. The van der Waals surface area contributed by atoms with Gasteiger partial charge in [0.1, 0.15) is 6.29 Å². The van der Waals surface area contributed by atoms with Gasteiger partial charge in [0.15, 0.2) is 0 Å². The summed E-state index contributed by atoms with van der Waals surface area (Å²) in [5.41, 5.74) is 3.51. The Morgan fingerprint density at radius 1 is 1.24 bits per heavy atom. The average molecular weight is 230 g/mol. The molecular formula is C16H22O. The molecule has 1 aliphatic carbocycles. The molecule has 0 heterocycles. The Hall–Kier alpha value is -1.11. The molecule has 0 radical (unpaired) electrons. The largest absolute Gasteiger partial charge is 0.298 e. The van der Waals surface area contributed by atoms with Crippen LogP contribution in [0.25, 0.3) is 0 Å². The summed E-state index contributed by atoms with van der Waals surface area (Å²) in [6.07, 6.45) is 7.25. The molecule has 1 nitrogen and oxygen atoms in total. The molecule has 0 unspecified atom stereocenters. The molecule has 0 spiro atoms. The molecule has 0 amide bonds. The molecule has 0 bridgehead atoms. The van der Waals surface area contributed by atoms with E-state index in [0.717, 1.165) is 30.1 Å². The molecule has 1 aliphatic rings. The topological polar surface area (TPSA) is 17.1 Å². The Kier molecular flexibility index (Phi) is 3.98. The summed E-state index contributed by atoms with van der Waals surface area (Å²) in [4.78, 5) is 10.9. The number of hydrogen-bond acceptors (Lipinski definition) is 1. The first kappa shape index (κ1) is 12.3. The minimum Gasteiger partial charge on any atom is -0.298 e.